The monoisotopic (exact) mass is 626 g/mol. The summed E-state index contributed by atoms with van der Waals surface area (Å²) < 4.78 is 82.3. The van der Waals surface area contributed by atoms with Crippen LogP contribution in [0.15, 0.2) is 30.3 Å². The number of likely N-dealkylation sites (tertiary alicyclic amines) is 1. The standard InChI is InChI=1S/C25H24Cl2F4N2O6S/c1-40(36,37)33(39-24(35)25(29,30)31)23(34)19-12-18(14-2-3-14)15(10-22(19)28)13-32-8-6-16(7-9-32)38-17-4-5-20(26)21(27)11-17/h4-5,10-12,14,16H,2-3,6-9,13H2,1H3. The number of hydrogen-bond donors (Lipinski definition) is 0. The highest BCUT2D eigenvalue weighted by atomic mass is 35.5. The Hall–Kier alpha value is -2.61. The first kappa shape index (κ1) is 30.4. The van der Waals surface area contributed by atoms with Gasteiger partial charge >= 0.3 is 18.1 Å². The molecule has 2 aromatic rings. The smallest absolute Gasteiger partial charge is 0.490 e. The van der Waals surface area contributed by atoms with Crippen molar-refractivity contribution in [1.29, 1.82) is 0 Å². The molecule has 0 aromatic heterocycles. The molecule has 0 atom stereocenters. The Bertz CT molecular complexity index is 1410. The van der Waals surface area contributed by atoms with Crippen LogP contribution < -0.4 is 4.74 Å². The van der Waals surface area contributed by atoms with Gasteiger partial charge in [0.1, 0.15) is 17.7 Å². The molecule has 1 saturated carbocycles. The summed E-state index contributed by atoms with van der Waals surface area (Å²) in [5, 5.41) is 0.799. The van der Waals surface area contributed by atoms with E-state index in [9.17, 15) is 31.2 Å². The van der Waals surface area contributed by atoms with Gasteiger partial charge in [0.05, 0.1) is 21.9 Å². The van der Waals surface area contributed by atoms with Crippen LogP contribution in [0.2, 0.25) is 10.0 Å². The number of carbonyl (C=O) groups is 2. The maximum atomic E-state index is 15.1. The first-order valence-electron chi connectivity index (χ1n) is 12.1. The van der Waals surface area contributed by atoms with Crippen LogP contribution in [0.4, 0.5) is 17.6 Å². The largest absolute Gasteiger partial charge is 0.493 e. The summed E-state index contributed by atoms with van der Waals surface area (Å²) >= 11 is 12.0. The van der Waals surface area contributed by atoms with Gasteiger partial charge in [-0.05, 0) is 67.0 Å². The molecule has 0 bridgehead atoms. The highest BCUT2D eigenvalue weighted by molar-refractivity contribution is 7.88. The second-order valence-electron chi connectivity index (χ2n) is 9.65. The molecule has 2 aliphatic rings. The first-order chi connectivity index (χ1) is 18.6. The molecule has 1 heterocycles. The van der Waals surface area contributed by atoms with E-state index >= 15 is 4.39 Å². The molecule has 0 N–H and O–H groups in total. The lowest BCUT2D eigenvalue weighted by molar-refractivity contribution is -0.216. The van der Waals surface area contributed by atoms with E-state index in [1.165, 1.54) is 0 Å². The maximum Gasteiger partial charge on any atom is 0.493 e. The third kappa shape index (κ3) is 7.36. The summed E-state index contributed by atoms with van der Waals surface area (Å²) in [6.07, 6.45) is -2.47. The molecule has 0 spiro atoms. The molecule has 2 fully saturated rings. The highest BCUT2D eigenvalue weighted by Gasteiger charge is 2.45. The summed E-state index contributed by atoms with van der Waals surface area (Å²) in [5.41, 5.74) is 0.327. The Morgan fingerprint density at radius 3 is 2.25 bits per heavy atom. The van der Waals surface area contributed by atoms with E-state index in [4.69, 9.17) is 27.9 Å². The number of amides is 1. The minimum atomic E-state index is -5.58. The summed E-state index contributed by atoms with van der Waals surface area (Å²) in [6, 6.07) is 7.21. The van der Waals surface area contributed by atoms with Crippen molar-refractivity contribution in [3.63, 3.8) is 0 Å². The number of carbonyl (C=O) groups excluding carboxylic acids is 2. The molecule has 2 aromatic carbocycles. The quantitative estimate of drug-likeness (QED) is 0.297. The molecule has 1 aliphatic heterocycles. The number of benzene rings is 2. The molecule has 218 valence electrons. The Labute approximate surface area is 237 Å². The number of hydroxylamine groups is 1. The molecular formula is C25H24Cl2F4N2O6S. The van der Waals surface area contributed by atoms with Crippen molar-refractivity contribution in [2.45, 2.75) is 50.4 Å². The lowest BCUT2D eigenvalue weighted by atomic mass is 9.97. The van der Waals surface area contributed by atoms with Crippen LogP contribution in [0.25, 0.3) is 0 Å². The fourth-order valence-corrected chi connectivity index (χ4v) is 5.25. The van der Waals surface area contributed by atoms with Gasteiger partial charge in [-0.1, -0.05) is 27.7 Å². The molecule has 40 heavy (non-hydrogen) atoms. The van der Waals surface area contributed by atoms with E-state index in [-0.39, 0.29) is 12.0 Å². The minimum Gasteiger partial charge on any atom is -0.490 e. The van der Waals surface area contributed by atoms with Gasteiger partial charge < -0.3 is 9.57 Å². The lowest BCUT2D eigenvalue weighted by Crippen LogP contribution is -2.42. The summed E-state index contributed by atoms with van der Waals surface area (Å²) in [5.74, 6) is -5.26. The zero-order valence-electron chi connectivity index (χ0n) is 21.0. The highest BCUT2D eigenvalue weighted by Crippen LogP contribution is 2.43. The number of hydrogen-bond acceptors (Lipinski definition) is 7. The molecular weight excluding hydrogens is 603 g/mol. The van der Waals surface area contributed by atoms with Gasteiger partial charge in [-0.25, -0.2) is 17.6 Å². The predicted octanol–water partition coefficient (Wildman–Crippen LogP) is 5.48. The van der Waals surface area contributed by atoms with Crippen molar-refractivity contribution in [1.82, 2.24) is 9.37 Å². The number of alkyl halides is 3. The van der Waals surface area contributed by atoms with Gasteiger partial charge in [0, 0.05) is 25.7 Å². The molecule has 0 unspecified atom stereocenters. The molecule has 1 saturated heterocycles. The number of nitrogens with zero attached hydrogens (tertiary/aromatic N) is 2. The van der Waals surface area contributed by atoms with Gasteiger partial charge in [0.25, 0.3) is 10.0 Å². The van der Waals surface area contributed by atoms with Crippen molar-refractivity contribution in [3.05, 3.63) is 62.9 Å². The van der Waals surface area contributed by atoms with E-state index in [2.05, 4.69) is 9.74 Å². The summed E-state index contributed by atoms with van der Waals surface area (Å²) in [7, 11) is -4.83. The summed E-state index contributed by atoms with van der Waals surface area (Å²) in [6.45, 7) is 1.57. The van der Waals surface area contributed by atoms with Crippen molar-refractivity contribution in [2.75, 3.05) is 19.3 Å². The fourth-order valence-electron chi connectivity index (χ4n) is 4.36. The zero-order chi connectivity index (χ0) is 29.4. The fraction of sp³-hybridized carbons (Fsp3) is 0.440. The van der Waals surface area contributed by atoms with Crippen LogP contribution >= 0.6 is 23.2 Å². The molecule has 1 aliphatic carbocycles. The van der Waals surface area contributed by atoms with Gasteiger partial charge in [-0.2, -0.15) is 13.2 Å². The van der Waals surface area contributed by atoms with Crippen molar-refractivity contribution < 1.29 is 45.1 Å². The SMILES string of the molecule is CS(=O)(=O)N(OC(=O)C(F)(F)F)C(=O)c1cc(C2CC2)c(CN2CCC(Oc3ccc(Cl)c(Cl)c3)CC2)cc1F. The molecule has 15 heteroatoms. The van der Waals surface area contributed by atoms with Crippen LogP contribution in [-0.2, 0) is 26.2 Å². The Morgan fingerprint density at radius 2 is 1.70 bits per heavy atom. The molecule has 4 rings (SSSR count). The number of piperidine rings is 1. The normalized spacial score (nSPS) is 17.0. The average molecular weight is 627 g/mol. The van der Waals surface area contributed by atoms with E-state index in [1.54, 1.807) is 18.2 Å². The van der Waals surface area contributed by atoms with E-state index in [0.717, 1.165) is 25.0 Å². The number of rotatable bonds is 7. The van der Waals surface area contributed by atoms with Crippen LogP contribution in [0.3, 0.4) is 0 Å². The number of sulfonamides is 1. The summed E-state index contributed by atoms with van der Waals surface area (Å²) in [4.78, 5) is 29.9. The van der Waals surface area contributed by atoms with Crippen molar-refractivity contribution in [3.8, 4) is 5.75 Å². The average Bonchev–Trinajstić information content (AvgIpc) is 3.70. The lowest BCUT2D eigenvalue weighted by Gasteiger charge is -2.32. The zero-order valence-corrected chi connectivity index (χ0v) is 23.3. The van der Waals surface area contributed by atoms with Crippen molar-refractivity contribution >= 4 is 45.1 Å². The van der Waals surface area contributed by atoms with E-state index in [0.29, 0.717) is 65.7 Å². The minimum absolute atomic E-state index is 0.0258. The number of halogens is 6. The van der Waals surface area contributed by atoms with Crippen LogP contribution in [-0.4, -0.2) is 61.3 Å². The van der Waals surface area contributed by atoms with Crippen LogP contribution in [0.5, 0.6) is 5.75 Å². The van der Waals surface area contributed by atoms with Crippen LogP contribution in [0.1, 0.15) is 53.1 Å². The van der Waals surface area contributed by atoms with Crippen molar-refractivity contribution in [2.24, 2.45) is 0 Å². The van der Waals surface area contributed by atoms with E-state index < -0.39 is 43.9 Å². The molecule has 0 radical (unpaired) electrons. The Kier molecular flexibility index (Phi) is 8.88. The van der Waals surface area contributed by atoms with Gasteiger partial charge in [0.2, 0.25) is 0 Å². The Morgan fingerprint density at radius 1 is 1.05 bits per heavy atom. The second-order valence-corrected chi connectivity index (χ2v) is 12.3. The van der Waals surface area contributed by atoms with Gasteiger partial charge in [-0.3, -0.25) is 9.69 Å². The van der Waals surface area contributed by atoms with Gasteiger partial charge in [-0.15, -0.1) is 0 Å². The third-order valence-electron chi connectivity index (χ3n) is 6.46. The molecule has 1 amide bonds. The predicted molar refractivity (Wildman–Crippen MR) is 137 cm³/mol. The molecule has 8 nitrogen and oxygen atoms in total. The van der Waals surface area contributed by atoms with Gasteiger partial charge in [0.15, 0.2) is 0 Å². The second kappa shape index (κ2) is 11.7. The maximum absolute atomic E-state index is 15.1. The van der Waals surface area contributed by atoms with Crippen LogP contribution in [0, 0.1) is 5.82 Å². The topological polar surface area (TPSA) is 93.2 Å². The third-order valence-corrected chi connectivity index (χ3v) is 8.04. The van der Waals surface area contributed by atoms with E-state index in [1.807, 2.05) is 0 Å². The first-order valence-corrected chi connectivity index (χ1v) is 14.7. The number of ether oxygens (including phenoxy) is 1. The Balaban J connectivity index is 1.48.